The van der Waals surface area contributed by atoms with Gasteiger partial charge in [-0.2, -0.15) is 0 Å². The molecular weight excluding hydrogens is 322 g/mol. The first-order chi connectivity index (χ1) is 12.2. The molecule has 1 aromatic carbocycles. The SMILES string of the molecule is O=C1CC[C@@H](C(=O)N2CCN(Cc3ccc4c(c3)OCO4)CC2)CN1. The monoisotopic (exact) mass is 345 g/mol. The number of piperazine rings is 1. The second-order valence-corrected chi connectivity index (χ2v) is 6.83. The van der Waals surface area contributed by atoms with Gasteiger partial charge in [0.05, 0.1) is 5.92 Å². The average molecular weight is 345 g/mol. The fourth-order valence-corrected chi connectivity index (χ4v) is 3.63. The molecule has 0 spiro atoms. The van der Waals surface area contributed by atoms with Crippen molar-refractivity contribution in [3.05, 3.63) is 23.8 Å². The zero-order valence-corrected chi connectivity index (χ0v) is 14.2. The second kappa shape index (κ2) is 6.92. The normalized spacial score (nSPS) is 23.4. The molecule has 0 aromatic heterocycles. The Morgan fingerprint density at radius 2 is 1.96 bits per heavy atom. The highest BCUT2D eigenvalue weighted by atomic mass is 16.7. The summed E-state index contributed by atoms with van der Waals surface area (Å²) in [6, 6.07) is 6.05. The van der Waals surface area contributed by atoms with E-state index in [0.717, 1.165) is 44.2 Å². The molecule has 2 amide bonds. The van der Waals surface area contributed by atoms with Crippen LogP contribution in [0.2, 0.25) is 0 Å². The summed E-state index contributed by atoms with van der Waals surface area (Å²) in [6.45, 7) is 4.83. The Balaban J connectivity index is 1.28. The summed E-state index contributed by atoms with van der Waals surface area (Å²) in [4.78, 5) is 28.1. The number of benzene rings is 1. The summed E-state index contributed by atoms with van der Waals surface area (Å²) in [5, 5.41) is 2.80. The Bertz CT molecular complexity index is 660. The van der Waals surface area contributed by atoms with Crippen LogP contribution in [-0.2, 0) is 16.1 Å². The standard InChI is InChI=1S/C18H23N3O4/c22-17-4-2-14(10-19-17)18(23)21-7-5-20(6-8-21)11-13-1-3-15-16(9-13)25-12-24-15/h1,3,9,14H,2,4-8,10-12H2,(H,19,22)/t14-/m1/s1. The number of carbonyl (C=O) groups is 2. The number of ether oxygens (including phenoxy) is 2. The number of nitrogens with zero attached hydrogens (tertiary/aromatic N) is 2. The molecule has 7 heteroatoms. The van der Waals surface area contributed by atoms with Crippen molar-refractivity contribution in [2.24, 2.45) is 5.92 Å². The van der Waals surface area contributed by atoms with Crippen LogP contribution in [0.15, 0.2) is 18.2 Å². The van der Waals surface area contributed by atoms with E-state index in [1.807, 2.05) is 17.0 Å². The Morgan fingerprint density at radius 3 is 2.72 bits per heavy atom. The molecule has 4 rings (SSSR count). The van der Waals surface area contributed by atoms with Crippen LogP contribution in [0.3, 0.4) is 0 Å². The number of carbonyl (C=O) groups excluding carboxylic acids is 2. The lowest BCUT2D eigenvalue weighted by Crippen LogP contribution is -2.52. The van der Waals surface area contributed by atoms with Crippen LogP contribution in [0.4, 0.5) is 0 Å². The topological polar surface area (TPSA) is 71.1 Å². The van der Waals surface area contributed by atoms with Gasteiger partial charge in [0, 0.05) is 45.7 Å². The van der Waals surface area contributed by atoms with Crippen LogP contribution in [0.1, 0.15) is 18.4 Å². The van der Waals surface area contributed by atoms with Gasteiger partial charge in [0.25, 0.3) is 0 Å². The molecule has 0 radical (unpaired) electrons. The molecule has 0 unspecified atom stereocenters. The van der Waals surface area contributed by atoms with Crippen molar-refractivity contribution in [2.75, 3.05) is 39.5 Å². The lowest BCUT2D eigenvalue weighted by Gasteiger charge is -2.37. The van der Waals surface area contributed by atoms with E-state index >= 15 is 0 Å². The van der Waals surface area contributed by atoms with Crippen molar-refractivity contribution < 1.29 is 19.1 Å². The van der Waals surface area contributed by atoms with Crippen LogP contribution in [0, 0.1) is 5.92 Å². The van der Waals surface area contributed by atoms with Crippen molar-refractivity contribution in [1.29, 1.82) is 0 Å². The maximum Gasteiger partial charge on any atom is 0.231 e. The number of nitrogens with one attached hydrogen (secondary N) is 1. The molecule has 2 fully saturated rings. The first-order valence-electron chi connectivity index (χ1n) is 8.85. The summed E-state index contributed by atoms with van der Waals surface area (Å²) >= 11 is 0. The number of hydrogen-bond acceptors (Lipinski definition) is 5. The predicted molar refractivity (Wildman–Crippen MR) is 90.2 cm³/mol. The van der Waals surface area contributed by atoms with E-state index in [4.69, 9.17) is 9.47 Å². The van der Waals surface area contributed by atoms with Gasteiger partial charge < -0.3 is 19.7 Å². The van der Waals surface area contributed by atoms with Crippen molar-refractivity contribution in [3.63, 3.8) is 0 Å². The van der Waals surface area contributed by atoms with Gasteiger partial charge in [-0.1, -0.05) is 6.07 Å². The molecule has 134 valence electrons. The van der Waals surface area contributed by atoms with Crippen molar-refractivity contribution in [1.82, 2.24) is 15.1 Å². The molecule has 0 aliphatic carbocycles. The van der Waals surface area contributed by atoms with Gasteiger partial charge in [0.2, 0.25) is 18.6 Å². The summed E-state index contributed by atoms with van der Waals surface area (Å²) in [7, 11) is 0. The van der Waals surface area contributed by atoms with Crippen LogP contribution in [-0.4, -0.2) is 61.1 Å². The van der Waals surface area contributed by atoms with Gasteiger partial charge >= 0.3 is 0 Å². The van der Waals surface area contributed by atoms with Crippen LogP contribution >= 0.6 is 0 Å². The lowest BCUT2D eigenvalue weighted by atomic mass is 9.97. The molecule has 1 atom stereocenters. The molecule has 25 heavy (non-hydrogen) atoms. The Hall–Kier alpha value is -2.28. The highest BCUT2D eigenvalue weighted by Gasteiger charge is 2.30. The zero-order chi connectivity index (χ0) is 17.2. The van der Waals surface area contributed by atoms with E-state index in [9.17, 15) is 9.59 Å². The first-order valence-corrected chi connectivity index (χ1v) is 8.85. The highest BCUT2D eigenvalue weighted by molar-refractivity contribution is 5.83. The Labute approximate surface area is 146 Å². The van der Waals surface area contributed by atoms with Crippen LogP contribution in [0.5, 0.6) is 11.5 Å². The minimum Gasteiger partial charge on any atom is -0.454 e. The van der Waals surface area contributed by atoms with E-state index < -0.39 is 0 Å². The molecule has 0 saturated carbocycles. The number of fused-ring (bicyclic) bond motifs is 1. The Kier molecular flexibility index (Phi) is 4.48. The van der Waals surface area contributed by atoms with E-state index in [1.165, 1.54) is 5.56 Å². The van der Waals surface area contributed by atoms with E-state index in [2.05, 4.69) is 16.3 Å². The molecule has 1 N–H and O–H groups in total. The summed E-state index contributed by atoms with van der Waals surface area (Å²) in [5.74, 6) is 1.79. The highest BCUT2D eigenvalue weighted by Crippen LogP contribution is 2.32. The quantitative estimate of drug-likeness (QED) is 0.868. The van der Waals surface area contributed by atoms with Gasteiger partial charge in [-0.25, -0.2) is 0 Å². The third-order valence-electron chi connectivity index (χ3n) is 5.14. The van der Waals surface area contributed by atoms with Crippen LogP contribution < -0.4 is 14.8 Å². The number of rotatable bonds is 3. The number of amides is 2. The molecule has 3 aliphatic heterocycles. The van der Waals surface area contributed by atoms with Gasteiger partial charge in [-0.05, 0) is 24.1 Å². The summed E-state index contributed by atoms with van der Waals surface area (Å²) in [5.41, 5.74) is 1.19. The summed E-state index contributed by atoms with van der Waals surface area (Å²) < 4.78 is 10.8. The molecule has 0 bridgehead atoms. The molecule has 7 nitrogen and oxygen atoms in total. The molecule has 2 saturated heterocycles. The molecule has 3 heterocycles. The van der Waals surface area contributed by atoms with Gasteiger partial charge in [0.15, 0.2) is 11.5 Å². The largest absolute Gasteiger partial charge is 0.454 e. The predicted octanol–water partition coefficient (Wildman–Crippen LogP) is 0.586. The maximum absolute atomic E-state index is 12.6. The van der Waals surface area contributed by atoms with E-state index in [1.54, 1.807) is 0 Å². The first kappa shape index (κ1) is 16.2. The molecular formula is C18H23N3O4. The maximum atomic E-state index is 12.6. The van der Waals surface area contributed by atoms with Crippen molar-refractivity contribution in [3.8, 4) is 11.5 Å². The minimum atomic E-state index is -0.0573. The molecule has 1 aromatic rings. The summed E-state index contributed by atoms with van der Waals surface area (Å²) in [6.07, 6.45) is 1.13. The molecule has 3 aliphatic rings. The van der Waals surface area contributed by atoms with Crippen molar-refractivity contribution in [2.45, 2.75) is 19.4 Å². The second-order valence-electron chi connectivity index (χ2n) is 6.83. The average Bonchev–Trinajstić information content (AvgIpc) is 3.10. The number of piperidine rings is 1. The van der Waals surface area contributed by atoms with E-state index in [0.29, 0.717) is 26.2 Å². The third kappa shape index (κ3) is 3.56. The lowest BCUT2D eigenvalue weighted by molar-refractivity contribution is -0.139. The third-order valence-corrected chi connectivity index (χ3v) is 5.14. The fraction of sp³-hybridized carbons (Fsp3) is 0.556. The zero-order valence-electron chi connectivity index (χ0n) is 14.2. The van der Waals surface area contributed by atoms with Gasteiger partial charge in [-0.3, -0.25) is 14.5 Å². The minimum absolute atomic E-state index is 0.0533. The number of hydrogen-bond donors (Lipinski definition) is 1. The van der Waals surface area contributed by atoms with Gasteiger partial charge in [-0.15, -0.1) is 0 Å². The van der Waals surface area contributed by atoms with Gasteiger partial charge in [0.1, 0.15) is 0 Å². The van der Waals surface area contributed by atoms with Crippen LogP contribution in [0.25, 0.3) is 0 Å². The smallest absolute Gasteiger partial charge is 0.231 e. The van der Waals surface area contributed by atoms with E-state index in [-0.39, 0.29) is 17.7 Å². The fourth-order valence-electron chi connectivity index (χ4n) is 3.63. The Morgan fingerprint density at radius 1 is 1.16 bits per heavy atom. The van der Waals surface area contributed by atoms with Crippen molar-refractivity contribution >= 4 is 11.8 Å².